The van der Waals surface area contributed by atoms with Crippen molar-refractivity contribution >= 4 is 29.7 Å². The smallest absolute Gasteiger partial charge is 0.320 e. The molecule has 0 aromatic carbocycles. The highest BCUT2D eigenvalue weighted by molar-refractivity contribution is 6.02. The minimum atomic E-state index is -0.623. The van der Waals surface area contributed by atoms with Crippen molar-refractivity contribution in [2.24, 2.45) is 23.5 Å². The molecule has 0 bridgehead atoms. The molecule has 8 N–H and O–H groups in total. The van der Waals surface area contributed by atoms with Crippen molar-refractivity contribution in [1.29, 1.82) is 0 Å². The number of nitrogens with zero attached hydrogens (tertiary/aromatic N) is 5. The van der Waals surface area contributed by atoms with Gasteiger partial charge in [0.05, 0.1) is 18.4 Å². The zero-order valence-corrected chi connectivity index (χ0v) is 35.4. The molecule has 6 amide bonds. The summed E-state index contributed by atoms with van der Waals surface area (Å²) in [5.41, 5.74) is 5.91. The van der Waals surface area contributed by atoms with Crippen molar-refractivity contribution in [3.63, 3.8) is 0 Å². The molecule has 0 radical (unpaired) electrons. The average Bonchev–Trinajstić information content (AvgIpc) is 3.59. The first kappa shape index (κ1) is 42.7. The van der Waals surface area contributed by atoms with E-state index in [1.165, 1.54) is 58.2 Å². The van der Waals surface area contributed by atoms with Crippen molar-refractivity contribution in [1.82, 2.24) is 56.4 Å². The van der Waals surface area contributed by atoms with Crippen LogP contribution in [-0.4, -0.2) is 182 Å². The number of rotatable bonds is 11. The first-order valence-electron chi connectivity index (χ1n) is 23.2. The molecule has 330 valence electrons. The number of likely N-dealkylation sites (N-methyl/N-ethyl adjacent to an activating group) is 1. The summed E-state index contributed by atoms with van der Waals surface area (Å²) in [4.78, 5) is 73.3. The summed E-state index contributed by atoms with van der Waals surface area (Å²) in [7, 11) is 1.88. The Kier molecular flexibility index (Phi) is 14.1. The van der Waals surface area contributed by atoms with E-state index in [9.17, 15) is 24.0 Å². The summed E-state index contributed by atoms with van der Waals surface area (Å²) in [5, 5.41) is 19.7. The van der Waals surface area contributed by atoms with Crippen molar-refractivity contribution in [3.05, 3.63) is 0 Å². The molecule has 1 saturated carbocycles. The van der Waals surface area contributed by atoms with Gasteiger partial charge in [-0.25, -0.2) is 4.79 Å². The van der Waals surface area contributed by atoms with E-state index in [1.807, 2.05) is 16.8 Å². The van der Waals surface area contributed by atoms with Crippen LogP contribution < -0.4 is 37.6 Å². The van der Waals surface area contributed by atoms with Gasteiger partial charge in [0.2, 0.25) is 23.6 Å². The third-order valence-electron chi connectivity index (χ3n) is 15.5. The van der Waals surface area contributed by atoms with Crippen molar-refractivity contribution in [3.8, 4) is 0 Å². The highest BCUT2D eigenvalue weighted by atomic mass is 16.2. The van der Waals surface area contributed by atoms with Crippen molar-refractivity contribution < 1.29 is 24.0 Å². The predicted molar refractivity (Wildman–Crippen MR) is 222 cm³/mol. The number of nitrogens with one attached hydrogen (secondary N) is 6. The number of hydrogen-bond donors (Lipinski definition) is 7. The maximum Gasteiger partial charge on any atom is 0.320 e. The fourth-order valence-electron chi connectivity index (χ4n) is 11.9. The average molecular weight is 825 g/mol. The van der Waals surface area contributed by atoms with Crippen LogP contribution in [0.25, 0.3) is 0 Å². The third kappa shape index (κ3) is 10.4. The molecule has 1 aliphatic carbocycles. The number of piperidine rings is 5. The lowest BCUT2D eigenvalue weighted by molar-refractivity contribution is -0.137. The monoisotopic (exact) mass is 825 g/mol. The van der Waals surface area contributed by atoms with Crippen LogP contribution in [0, 0.1) is 17.8 Å². The number of urea groups is 1. The molecule has 8 rings (SSSR count). The van der Waals surface area contributed by atoms with Crippen molar-refractivity contribution in [2.75, 3.05) is 79.0 Å². The van der Waals surface area contributed by atoms with Gasteiger partial charge < -0.3 is 36.4 Å². The molecule has 0 aromatic rings. The number of carbonyl (C=O) groups is 5. The minimum Gasteiger partial charge on any atom is -0.368 e. The lowest BCUT2D eigenvalue weighted by Crippen LogP contribution is -2.74. The molecular formula is C42H72N12O5. The van der Waals surface area contributed by atoms with Gasteiger partial charge in [0, 0.05) is 70.9 Å². The lowest BCUT2D eigenvalue weighted by Gasteiger charge is -2.47. The van der Waals surface area contributed by atoms with Gasteiger partial charge in [-0.1, -0.05) is 0 Å². The van der Waals surface area contributed by atoms with Crippen LogP contribution in [0.15, 0.2) is 0 Å². The molecule has 7 aliphatic heterocycles. The van der Waals surface area contributed by atoms with Crippen LogP contribution in [0.5, 0.6) is 0 Å². The lowest BCUT2D eigenvalue weighted by atomic mass is 9.74. The van der Waals surface area contributed by atoms with Crippen LogP contribution in [0.1, 0.15) is 89.9 Å². The maximum absolute atomic E-state index is 12.8. The van der Waals surface area contributed by atoms with E-state index in [2.05, 4.69) is 46.6 Å². The fourth-order valence-corrected chi connectivity index (χ4v) is 11.9. The van der Waals surface area contributed by atoms with E-state index in [1.54, 1.807) is 0 Å². The molecule has 59 heavy (non-hydrogen) atoms. The quantitative estimate of drug-likeness (QED) is 0.128. The van der Waals surface area contributed by atoms with Crippen molar-refractivity contribution in [2.45, 2.75) is 138 Å². The van der Waals surface area contributed by atoms with E-state index in [-0.39, 0.29) is 54.6 Å². The van der Waals surface area contributed by atoms with E-state index < -0.39 is 18.0 Å². The Morgan fingerprint density at radius 1 is 0.763 bits per heavy atom. The Bertz CT molecular complexity index is 1490. The van der Waals surface area contributed by atoms with E-state index >= 15 is 0 Å². The Hall–Kier alpha value is -2.93. The third-order valence-corrected chi connectivity index (χ3v) is 15.5. The number of nitrogens with two attached hydrogens (primary N) is 1. The van der Waals surface area contributed by atoms with Gasteiger partial charge in [-0.2, -0.15) is 0 Å². The number of likely N-dealkylation sites (tertiary alicyclic amines) is 3. The standard InChI is InChI=1S/C42H72N12O5/c1-50-21-22-54(42(50)59)32-3-2-16-53(26-32)35-24-45-37(38(43)56)39(48-35)46-30-6-4-28(5-7-30)29-14-17-51(18-15-29)25-27-12-19-52(20-13-27)31-8-9-33(44-23-31)40(57)47-34-10-11-36(55)49-41(34)58/h27-35,37,39,44-46,48H,2-26H2,1H3,(H2,43,56)(H,47,57)(H,49,55,58)/t28?,30?,31?,32-,33?,34+,35?,37?,39?/m1/s1. The van der Waals surface area contributed by atoms with Crippen LogP contribution >= 0.6 is 0 Å². The van der Waals surface area contributed by atoms with E-state index in [0.29, 0.717) is 25.0 Å². The summed E-state index contributed by atoms with van der Waals surface area (Å²) in [6.45, 7) is 10.7. The van der Waals surface area contributed by atoms with Gasteiger partial charge in [0.15, 0.2) is 0 Å². The largest absolute Gasteiger partial charge is 0.368 e. The Morgan fingerprint density at radius 2 is 1.53 bits per heavy atom. The highest BCUT2D eigenvalue weighted by Crippen LogP contribution is 2.37. The molecule has 7 atom stereocenters. The topological polar surface area (TPSA) is 200 Å². The molecular weight excluding hydrogens is 753 g/mol. The molecule has 7 heterocycles. The summed E-state index contributed by atoms with van der Waals surface area (Å²) in [6.07, 6.45) is 14.1. The van der Waals surface area contributed by atoms with E-state index in [0.717, 1.165) is 102 Å². The van der Waals surface area contributed by atoms with E-state index in [4.69, 9.17) is 5.73 Å². The van der Waals surface area contributed by atoms with Gasteiger partial charge in [-0.15, -0.1) is 0 Å². The van der Waals surface area contributed by atoms with Crippen LogP contribution in [-0.2, 0) is 19.2 Å². The first-order valence-corrected chi connectivity index (χ1v) is 23.2. The van der Waals surface area contributed by atoms with Gasteiger partial charge in [0.25, 0.3) is 0 Å². The normalized spacial score (nSPS) is 36.8. The SMILES string of the molecule is CN1CCN([C@@H]2CCCN(C3CNC(C(N)=O)C(NC4CCC(C5CCN(CC6CCN(C7CCC(C(=O)N[C@H]8CCC(=O)NC8=O)NC7)CC6)CC5)CC4)N3)C2)C1=O. The number of carbonyl (C=O) groups excluding carboxylic acids is 5. The number of imide groups is 1. The Labute approximate surface area is 350 Å². The van der Waals surface area contributed by atoms with Crippen LogP contribution in [0.2, 0.25) is 0 Å². The summed E-state index contributed by atoms with van der Waals surface area (Å²) >= 11 is 0. The number of amides is 6. The fraction of sp³-hybridized carbons (Fsp3) is 0.881. The Balaban J connectivity index is 0.711. The van der Waals surface area contributed by atoms with Gasteiger partial charge in [0.1, 0.15) is 12.1 Å². The molecule has 5 unspecified atom stereocenters. The summed E-state index contributed by atoms with van der Waals surface area (Å²) in [5.74, 6) is 1.18. The minimum absolute atomic E-state index is 0.0787. The number of hydrogen-bond acceptors (Lipinski definition) is 12. The second-order valence-electron chi connectivity index (χ2n) is 19.2. The first-order chi connectivity index (χ1) is 28.6. The maximum atomic E-state index is 12.8. The number of primary amides is 1. The molecule has 0 spiro atoms. The Morgan fingerprint density at radius 3 is 2.20 bits per heavy atom. The zero-order valence-electron chi connectivity index (χ0n) is 35.4. The molecule has 8 aliphatic rings. The molecule has 7 saturated heterocycles. The van der Waals surface area contributed by atoms with Crippen LogP contribution in [0.3, 0.4) is 0 Å². The van der Waals surface area contributed by atoms with Crippen LogP contribution in [0.4, 0.5) is 4.79 Å². The summed E-state index contributed by atoms with van der Waals surface area (Å²) in [6, 6.07) is -0.201. The zero-order chi connectivity index (χ0) is 41.0. The van der Waals surface area contributed by atoms with Gasteiger partial charge in [-0.05, 0) is 134 Å². The summed E-state index contributed by atoms with van der Waals surface area (Å²) < 4.78 is 0. The second kappa shape index (κ2) is 19.4. The van der Waals surface area contributed by atoms with Gasteiger partial charge >= 0.3 is 6.03 Å². The second-order valence-corrected chi connectivity index (χ2v) is 19.2. The predicted octanol–water partition coefficient (Wildman–Crippen LogP) is -0.869. The molecule has 8 fully saturated rings. The molecule has 17 heteroatoms. The molecule has 0 aromatic heterocycles. The van der Waals surface area contributed by atoms with Gasteiger partial charge in [-0.3, -0.25) is 44.9 Å². The number of piperazine rings is 1. The highest BCUT2D eigenvalue weighted by Gasteiger charge is 2.41. The molecule has 17 nitrogen and oxygen atoms in total.